The lowest BCUT2D eigenvalue weighted by atomic mass is 9.93. The second-order valence-electron chi connectivity index (χ2n) is 5.18. The van der Waals surface area contributed by atoms with Gasteiger partial charge in [-0.25, -0.2) is 0 Å². The van der Waals surface area contributed by atoms with E-state index in [9.17, 15) is 27.6 Å². The largest absolute Gasteiger partial charge is 0.408 e. The van der Waals surface area contributed by atoms with Crippen molar-refractivity contribution in [2.24, 2.45) is 5.92 Å². The lowest BCUT2D eigenvalue weighted by Crippen LogP contribution is -2.56. The SMILES string of the molecule is O=C(NNC(=O)[C@@H]1CC[C@H](C(F)(F)F)NC1=O)c1ccc(Cl)cc1. The number of nitrogens with one attached hydrogen (secondary N) is 3. The molecule has 0 radical (unpaired) electrons. The molecule has 1 aromatic carbocycles. The average molecular weight is 364 g/mol. The molecule has 1 aliphatic rings. The maximum absolute atomic E-state index is 12.5. The van der Waals surface area contributed by atoms with Gasteiger partial charge in [-0.2, -0.15) is 13.2 Å². The fraction of sp³-hybridized carbons (Fsp3) is 0.357. The molecular weight excluding hydrogens is 351 g/mol. The van der Waals surface area contributed by atoms with E-state index in [2.05, 4.69) is 5.43 Å². The minimum atomic E-state index is -4.56. The first-order valence-corrected chi connectivity index (χ1v) is 7.29. The number of benzene rings is 1. The predicted octanol–water partition coefficient (Wildman–Crippen LogP) is 1.56. The molecule has 1 aromatic rings. The Morgan fingerprint density at radius 2 is 1.75 bits per heavy atom. The summed E-state index contributed by atoms with van der Waals surface area (Å²) in [6.45, 7) is 0. The van der Waals surface area contributed by atoms with E-state index < -0.39 is 42.3 Å². The zero-order valence-electron chi connectivity index (χ0n) is 12.1. The van der Waals surface area contributed by atoms with Gasteiger partial charge in [0.15, 0.2) is 0 Å². The Labute approximate surface area is 139 Å². The Kier molecular flexibility index (Phi) is 5.33. The molecule has 0 spiro atoms. The molecule has 1 fully saturated rings. The second kappa shape index (κ2) is 7.08. The monoisotopic (exact) mass is 363 g/mol. The van der Waals surface area contributed by atoms with Crippen molar-refractivity contribution in [2.75, 3.05) is 0 Å². The van der Waals surface area contributed by atoms with Gasteiger partial charge in [0.1, 0.15) is 12.0 Å². The van der Waals surface area contributed by atoms with Gasteiger partial charge >= 0.3 is 6.18 Å². The summed E-state index contributed by atoms with van der Waals surface area (Å²) in [6.07, 6.45) is -5.23. The van der Waals surface area contributed by atoms with Crippen LogP contribution in [0.25, 0.3) is 0 Å². The summed E-state index contributed by atoms with van der Waals surface area (Å²) in [7, 11) is 0. The van der Waals surface area contributed by atoms with Crippen molar-refractivity contribution >= 4 is 29.3 Å². The first kappa shape index (κ1) is 18.1. The Hall–Kier alpha value is -2.29. The van der Waals surface area contributed by atoms with E-state index in [1.807, 2.05) is 5.43 Å². The van der Waals surface area contributed by atoms with Gasteiger partial charge in [0.25, 0.3) is 11.8 Å². The number of alkyl halides is 3. The first-order valence-electron chi connectivity index (χ1n) is 6.91. The van der Waals surface area contributed by atoms with Gasteiger partial charge in [-0.1, -0.05) is 11.6 Å². The number of piperidine rings is 1. The average Bonchev–Trinajstić information content (AvgIpc) is 2.52. The summed E-state index contributed by atoms with van der Waals surface area (Å²) in [6, 6.07) is 3.84. The van der Waals surface area contributed by atoms with Crippen LogP contribution in [0.4, 0.5) is 13.2 Å². The Morgan fingerprint density at radius 1 is 1.12 bits per heavy atom. The highest BCUT2D eigenvalue weighted by Gasteiger charge is 2.45. The molecule has 6 nitrogen and oxygen atoms in total. The van der Waals surface area contributed by atoms with E-state index in [-0.39, 0.29) is 12.0 Å². The third kappa shape index (κ3) is 4.38. The topological polar surface area (TPSA) is 87.3 Å². The van der Waals surface area contributed by atoms with E-state index in [1.54, 1.807) is 5.32 Å². The maximum Gasteiger partial charge on any atom is 0.408 e. The fourth-order valence-electron chi connectivity index (χ4n) is 2.18. The molecule has 130 valence electrons. The van der Waals surface area contributed by atoms with Gasteiger partial charge in [-0.05, 0) is 37.1 Å². The van der Waals surface area contributed by atoms with Crippen LogP contribution in [0, 0.1) is 5.92 Å². The predicted molar refractivity (Wildman–Crippen MR) is 77.8 cm³/mol. The lowest BCUT2D eigenvalue weighted by Gasteiger charge is -2.29. The van der Waals surface area contributed by atoms with Crippen LogP contribution in [0.2, 0.25) is 5.02 Å². The molecule has 0 unspecified atom stereocenters. The van der Waals surface area contributed by atoms with E-state index >= 15 is 0 Å². The highest BCUT2D eigenvalue weighted by molar-refractivity contribution is 6.30. The van der Waals surface area contributed by atoms with E-state index in [0.29, 0.717) is 5.02 Å². The van der Waals surface area contributed by atoms with Crippen molar-refractivity contribution in [2.45, 2.75) is 25.1 Å². The van der Waals surface area contributed by atoms with Crippen molar-refractivity contribution in [3.63, 3.8) is 0 Å². The molecule has 0 aromatic heterocycles. The number of halogens is 4. The van der Waals surface area contributed by atoms with Crippen LogP contribution >= 0.6 is 11.6 Å². The highest BCUT2D eigenvalue weighted by atomic mass is 35.5. The van der Waals surface area contributed by atoms with Gasteiger partial charge < -0.3 is 5.32 Å². The van der Waals surface area contributed by atoms with Crippen LogP contribution < -0.4 is 16.2 Å². The van der Waals surface area contributed by atoms with E-state index in [4.69, 9.17) is 11.6 Å². The van der Waals surface area contributed by atoms with Crippen molar-refractivity contribution in [3.05, 3.63) is 34.9 Å². The van der Waals surface area contributed by atoms with Gasteiger partial charge in [0.2, 0.25) is 5.91 Å². The Bertz CT molecular complexity index is 649. The molecular formula is C14H13ClF3N3O3. The second-order valence-corrected chi connectivity index (χ2v) is 5.62. The third-order valence-electron chi connectivity index (χ3n) is 3.49. The molecule has 0 saturated carbocycles. The number of hydrogen-bond donors (Lipinski definition) is 3. The zero-order chi connectivity index (χ0) is 17.9. The number of rotatable bonds is 2. The van der Waals surface area contributed by atoms with Crippen molar-refractivity contribution in [3.8, 4) is 0 Å². The van der Waals surface area contributed by atoms with Crippen molar-refractivity contribution in [1.82, 2.24) is 16.2 Å². The van der Waals surface area contributed by atoms with Gasteiger partial charge in [-0.3, -0.25) is 25.2 Å². The van der Waals surface area contributed by atoms with Crippen LogP contribution in [0.15, 0.2) is 24.3 Å². The smallest absolute Gasteiger partial charge is 0.344 e. The van der Waals surface area contributed by atoms with Crippen LogP contribution in [-0.4, -0.2) is 29.9 Å². The number of hydrogen-bond acceptors (Lipinski definition) is 3. The van der Waals surface area contributed by atoms with Crippen LogP contribution in [-0.2, 0) is 9.59 Å². The Balaban J connectivity index is 1.88. The summed E-state index contributed by atoms with van der Waals surface area (Å²) in [4.78, 5) is 35.3. The summed E-state index contributed by atoms with van der Waals surface area (Å²) in [5, 5.41) is 2.19. The van der Waals surface area contributed by atoms with Gasteiger partial charge in [0, 0.05) is 10.6 Å². The normalized spacial score (nSPS) is 20.9. The molecule has 0 bridgehead atoms. The molecule has 1 saturated heterocycles. The summed E-state index contributed by atoms with van der Waals surface area (Å²) < 4.78 is 37.6. The molecule has 3 amide bonds. The summed E-state index contributed by atoms with van der Waals surface area (Å²) in [5.41, 5.74) is 4.34. The van der Waals surface area contributed by atoms with Crippen molar-refractivity contribution < 1.29 is 27.6 Å². The standard InChI is InChI=1S/C14H13ClF3N3O3/c15-8-3-1-7(2-4-8)11(22)20-21-13(24)9-5-6-10(14(16,17)18)19-12(9)23/h1-4,9-10H,5-6H2,(H,19,23)(H,20,22)(H,21,24)/t9-,10-/m1/s1. The molecule has 24 heavy (non-hydrogen) atoms. The Morgan fingerprint density at radius 3 is 2.29 bits per heavy atom. The maximum atomic E-state index is 12.5. The minimum absolute atomic E-state index is 0.213. The van der Waals surface area contributed by atoms with Gasteiger partial charge in [-0.15, -0.1) is 0 Å². The highest BCUT2D eigenvalue weighted by Crippen LogP contribution is 2.28. The molecule has 2 rings (SSSR count). The number of amides is 3. The molecule has 0 aliphatic carbocycles. The third-order valence-corrected chi connectivity index (χ3v) is 3.75. The quantitative estimate of drug-likeness (QED) is 0.550. The molecule has 3 N–H and O–H groups in total. The summed E-state index contributed by atoms with van der Waals surface area (Å²) >= 11 is 5.68. The van der Waals surface area contributed by atoms with Crippen LogP contribution in [0.1, 0.15) is 23.2 Å². The molecule has 1 aliphatic heterocycles. The zero-order valence-corrected chi connectivity index (χ0v) is 12.9. The summed E-state index contributed by atoms with van der Waals surface area (Å²) in [5.74, 6) is -3.85. The molecule has 10 heteroatoms. The van der Waals surface area contributed by atoms with E-state index in [0.717, 1.165) is 0 Å². The number of hydrazine groups is 1. The van der Waals surface area contributed by atoms with E-state index in [1.165, 1.54) is 24.3 Å². The van der Waals surface area contributed by atoms with Gasteiger partial charge in [0.05, 0.1) is 0 Å². The fourth-order valence-corrected chi connectivity index (χ4v) is 2.31. The van der Waals surface area contributed by atoms with Crippen LogP contribution in [0.5, 0.6) is 0 Å². The minimum Gasteiger partial charge on any atom is -0.344 e. The number of carbonyl (C=O) groups is 3. The molecule has 2 atom stereocenters. The number of carbonyl (C=O) groups excluding carboxylic acids is 3. The molecule has 1 heterocycles. The van der Waals surface area contributed by atoms with Crippen molar-refractivity contribution in [1.29, 1.82) is 0 Å². The van der Waals surface area contributed by atoms with Crippen LogP contribution in [0.3, 0.4) is 0 Å². The lowest BCUT2D eigenvalue weighted by molar-refractivity contribution is -0.171. The first-order chi connectivity index (χ1) is 11.2.